The molecule has 402 valence electrons. The van der Waals surface area contributed by atoms with Crippen molar-refractivity contribution in [2.45, 2.75) is 39.5 Å². The van der Waals surface area contributed by atoms with Gasteiger partial charge in [0.1, 0.15) is 52.6 Å². The van der Waals surface area contributed by atoms with Crippen molar-refractivity contribution in [1.29, 1.82) is 5.26 Å². The summed E-state index contributed by atoms with van der Waals surface area (Å²) >= 11 is 0. The summed E-state index contributed by atoms with van der Waals surface area (Å²) < 4.78 is 58.1. The number of hydrazone groups is 1. The molecule has 22 nitrogen and oxygen atoms in total. The van der Waals surface area contributed by atoms with Crippen molar-refractivity contribution >= 4 is 28.8 Å². The number of fused-ring (bicyclic) bond motifs is 2. The average Bonchev–Trinajstić information content (AvgIpc) is 4.39. The molecule has 0 bridgehead atoms. The molecule has 8 aromatic heterocycles. The summed E-state index contributed by atoms with van der Waals surface area (Å²) in [5.41, 5.74) is 23.0. The van der Waals surface area contributed by atoms with Gasteiger partial charge in [-0.05, 0) is 72.5 Å². The van der Waals surface area contributed by atoms with E-state index in [2.05, 4.69) is 75.3 Å². The number of nitrogens with two attached hydrogens (primary N) is 4. The van der Waals surface area contributed by atoms with Crippen molar-refractivity contribution in [3.63, 3.8) is 0 Å². The molecule has 0 unspecified atom stereocenters. The van der Waals surface area contributed by atoms with E-state index in [0.29, 0.717) is 123 Å². The highest BCUT2D eigenvalue weighted by Crippen LogP contribution is 2.24. The number of halogens is 4. The predicted octanol–water partition coefficient (Wildman–Crippen LogP) is 7.00. The maximum absolute atomic E-state index is 13.9. The van der Waals surface area contributed by atoms with Crippen molar-refractivity contribution in [2.24, 2.45) is 16.7 Å². The maximum atomic E-state index is 13.9. The molecule has 12 aromatic rings. The van der Waals surface area contributed by atoms with Crippen molar-refractivity contribution in [3.8, 4) is 29.4 Å². The fourth-order valence-electron chi connectivity index (χ4n) is 8.05. The Morgan fingerprint density at radius 1 is 0.562 bits per heavy atom. The quantitative estimate of drug-likeness (QED) is 0.0212. The molecule has 4 aromatic carbocycles. The van der Waals surface area contributed by atoms with Crippen LogP contribution in [0, 0.1) is 48.4 Å². The Morgan fingerprint density at radius 3 is 1.50 bits per heavy atom. The molecule has 0 atom stereocenters. The monoisotopic (exact) mass is 1080 g/mol. The molecule has 0 fully saturated rings. The minimum absolute atomic E-state index is 0.0430. The zero-order chi connectivity index (χ0) is 56.3. The number of nitrogens with zero attached hydrogens (tertiary/aromatic N) is 14. The second kappa shape index (κ2) is 24.3. The largest absolute Gasteiger partial charge is 0.382 e. The van der Waals surface area contributed by atoms with E-state index in [0.717, 1.165) is 0 Å². The number of benzene rings is 4. The van der Waals surface area contributed by atoms with Gasteiger partial charge in [0.25, 0.3) is 0 Å². The van der Waals surface area contributed by atoms with Gasteiger partial charge in [0.05, 0.1) is 22.8 Å². The minimum Gasteiger partial charge on any atom is -0.382 e. The Bertz CT molecular complexity index is 4160. The molecule has 0 spiro atoms. The first-order valence-corrected chi connectivity index (χ1v) is 24.3. The Kier molecular flexibility index (Phi) is 16.3. The maximum Gasteiger partial charge on any atom is 0.218 e. The molecular weight excluding hydrogens is 1030 g/mol. The lowest BCUT2D eigenvalue weighted by atomic mass is 10.1. The van der Waals surface area contributed by atoms with Crippen LogP contribution in [0.15, 0.2) is 139 Å². The van der Waals surface area contributed by atoms with Gasteiger partial charge in [-0.25, -0.2) is 57.4 Å². The van der Waals surface area contributed by atoms with Gasteiger partial charge < -0.3 is 33.0 Å². The third-order valence-electron chi connectivity index (χ3n) is 11.9. The van der Waals surface area contributed by atoms with Gasteiger partial charge in [0.2, 0.25) is 17.5 Å². The van der Waals surface area contributed by atoms with Crippen LogP contribution >= 0.6 is 0 Å². The summed E-state index contributed by atoms with van der Waals surface area (Å²) in [5.74, 6) is 8.48. The molecule has 0 aliphatic heterocycles. The topological polar surface area (TPSA) is 341 Å². The van der Waals surface area contributed by atoms with Gasteiger partial charge in [-0.2, -0.15) is 20.6 Å². The Balaban J connectivity index is 0.000000130. The summed E-state index contributed by atoms with van der Waals surface area (Å²) in [6.45, 7) is 3.62. The predicted molar refractivity (Wildman–Crippen MR) is 289 cm³/mol. The highest BCUT2D eigenvalue weighted by molar-refractivity contribution is 5.94. The lowest BCUT2D eigenvalue weighted by Gasteiger charge is -2.01. The number of hydrogen-bond donors (Lipinski definition) is 8. The number of nitrogen functional groups attached to an aromatic ring is 2. The summed E-state index contributed by atoms with van der Waals surface area (Å²) in [5, 5.41) is 26.0. The molecule has 0 amide bonds. The number of aryl methyl sites for hydroxylation is 2. The molecule has 0 aliphatic carbocycles. The summed E-state index contributed by atoms with van der Waals surface area (Å²) in [4.78, 5) is 39.9. The molecule has 0 radical (unpaired) electrons. The van der Waals surface area contributed by atoms with Crippen LogP contribution in [0.2, 0.25) is 0 Å². The zero-order valence-corrected chi connectivity index (χ0v) is 42.6. The highest BCUT2D eigenvalue weighted by Gasteiger charge is 2.19. The van der Waals surface area contributed by atoms with Crippen molar-refractivity contribution in [3.05, 3.63) is 226 Å². The van der Waals surface area contributed by atoms with Gasteiger partial charge >= 0.3 is 0 Å². The number of H-pyrrole nitrogens is 4. The molecule has 26 heteroatoms. The van der Waals surface area contributed by atoms with Crippen LogP contribution in [0.3, 0.4) is 0 Å². The molecular formula is C54H48F4N22. The van der Waals surface area contributed by atoms with Crippen molar-refractivity contribution < 1.29 is 17.6 Å². The van der Waals surface area contributed by atoms with Gasteiger partial charge in [0.15, 0.2) is 34.6 Å². The molecule has 12 N–H and O–H groups in total. The first-order valence-electron chi connectivity index (χ1n) is 24.3. The first kappa shape index (κ1) is 53.7. The minimum atomic E-state index is -0.298. The molecule has 8 heterocycles. The van der Waals surface area contributed by atoms with Gasteiger partial charge in [0, 0.05) is 50.5 Å². The van der Waals surface area contributed by atoms with Crippen LogP contribution in [-0.2, 0) is 25.7 Å². The lowest BCUT2D eigenvalue weighted by molar-refractivity contribution is 0.613. The molecule has 12 rings (SSSR count). The number of aromatic amines is 4. The Morgan fingerprint density at radius 2 is 1.01 bits per heavy atom. The molecule has 0 saturated carbocycles. The van der Waals surface area contributed by atoms with E-state index in [1.54, 1.807) is 103 Å². The number of aromatic nitrogens is 16. The number of nitrogens with one attached hydrogen (secondary N) is 4. The smallest absolute Gasteiger partial charge is 0.218 e. The van der Waals surface area contributed by atoms with E-state index < -0.39 is 0 Å². The van der Waals surface area contributed by atoms with Crippen LogP contribution in [0.5, 0.6) is 0 Å². The van der Waals surface area contributed by atoms with E-state index in [-0.39, 0.29) is 46.6 Å². The average molecular weight is 1080 g/mol. The van der Waals surface area contributed by atoms with Crippen LogP contribution < -0.4 is 23.0 Å². The summed E-state index contributed by atoms with van der Waals surface area (Å²) in [6, 6.07) is 31.8. The Hall–Kier alpha value is -11.1. The van der Waals surface area contributed by atoms with Crippen LogP contribution in [0.1, 0.15) is 68.3 Å². The van der Waals surface area contributed by atoms with Gasteiger partial charge in [-0.3, -0.25) is 19.0 Å². The van der Waals surface area contributed by atoms with Crippen molar-refractivity contribution in [1.82, 2.24) is 79.0 Å². The number of hydrogen-bond acceptors (Lipinski definition) is 15. The van der Waals surface area contributed by atoms with E-state index >= 15 is 0 Å². The fourth-order valence-corrected chi connectivity index (χ4v) is 8.05. The van der Waals surface area contributed by atoms with Crippen LogP contribution in [0.4, 0.5) is 29.2 Å². The zero-order valence-electron chi connectivity index (χ0n) is 42.6. The summed E-state index contributed by atoms with van der Waals surface area (Å²) in [6.07, 6.45) is 8.20. The van der Waals surface area contributed by atoms with E-state index in [1.807, 2.05) is 35.7 Å². The van der Waals surface area contributed by atoms with Gasteiger partial charge in [-0.15, -0.1) is 0 Å². The Labute approximate surface area is 451 Å². The fraction of sp³-hybridized carbons (Fsp3) is 0.111. The normalized spacial score (nSPS) is 11.1. The molecule has 80 heavy (non-hydrogen) atoms. The van der Waals surface area contributed by atoms with E-state index in [4.69, 9.17) is 28.3 Å². The number of imidazole rings is 4. The summed E-state index contributed by atoms with van der Waals surface area (Å²) in [7, 11) is 0. The second-order valence-corrected chi connectivity index (χ2v) is 17.5. The first-order chi connectivity index (χ1) is 38.8. The van der Waals surface area contributed by atoms with Gasteiger partial charge in [-0.1, -0.05) is 72.8 Å². The third kappa shape index (κ3) is 12.4. The van der Waals surface area contributed by atoms with Crippen LogP contribution in [-0.4, -0.2) is 84.9 Å². The highest BCUT2D eigenvalue weighted by atomic mass is 19.1. The van der Waals surface area contributed by atoms with Crippen molar-refractivity contribution in [2.75, 3.05) is 11.5 Å². The van der Waals surface area contributed by atoms with E-state index in [1.165, 1.54) is 24.3 Å². The second-order valence-electron chi connectivity index (χ2n) is 17.5. The number of nitriles is 1. The third-order valence-corrected chi connectivity index (χ3v) is 11.9. The van der Waals surface area contributed by atoms with Crippen LogP contribution in [0.25, 0.3) is 34.6 Å². The lowest BCUT2D eigenvalue weighted by Crippen LogP contribution is -2.17. The molecule has 0 saturated heterocycles. The standard InChI is InChI=1S/C16H13FN6.C14H9FN4.C13H13FN6.C11H13FN6/c1-10-19-14(22-21-10)16-20-13(15-18-7-4-8-23(15)16)9-11-5-2-3-6-12(11)17;15-11-5-2-1-4-10(11)8-12-14-17-6-3-7-19(14)13(9-16)18-12;1-7-16-13(20-19-7)12-17-10(11(15)18-12)6-8-4-2-3-5-9(8)14;12-7-4-2-1-3-6(7)5-8-9(13)17-11(16-8)10(14)18-15/h2-8H,9H2,1H3,(H,19,21,22);1-7H,8H2;2-5H,6,15H2,1H3,(H,17,18)(H,16,19,20);1-4H,5,13,15H2,(H2,14,18)(H,16,17). The SMILES string of the molecule is Cc1nc(-c2nc(Cc3ccccc3F)c3ncccn23)n[nH]1.Cc1nc(-c2nc(N)c(Cc3ccccc3F)[nH]2)n[nH]1.N#Cc1nc(Cc2ccccc2F)c2ncccn12.N/N=C(\N)c1nc(N)c(Cc2ccccc2F)[nH]1. The number of amidine groups is 1. The molecule has 0 aliphatic rings. The number of rotatable bonds is 11. The van der Waals surface area contributed by atoms with E-state index in [9.17, 15) is 17.6 Å². The number of anilines is 2.